The van der Waals surface area contributed by atoms with Gasteiger partial charge in [0.25, 0.3) is 0 Å². The molecule has 1 aliphatic carbocycles. The second-order valence-corrected chi connectivity index (χ2v) is 7.79. The van der Waals surface area contributed by atoms with Gasteiger partial charge in [-0.2, -0.15) is 0 Å². The van der Waals surface area contributed by atoms with Crippen molar-refractivity contribution in [2.24, 2.45) is 11.1 Å². The highest BCUT2D eigenvalue weighted by atomic mass is 35.5. The Hall–Kier alpha value is -0.0700. The highest BCUT2D eigenvalue weighted by Crippen LogP contribution is 2.40. The minimum absolute atomic E-state index is 0. The number of carbonyl (C=O) groups is 1. The molecule has 2 aliphatic heterocycles. The summed E-state index contributed by atoms with van der Waals surface area (Å²) in [5, 5.41) is 0. The van der Waals surface area contributed by atoms with E-state index in [1.165, 1.54) is 25.7 Å². The fraction of sp³-hybridized carbons (Fsp3) is 0.941. The third-order valence-electron chi connectivity index (χ3n) is 6.10. The fourth-order valence-electron chi connectivity index (χ4n) is 4.47. The van der Waals surface area contributed by atoms with Crippen LogP contribution in [0.5, 0.6) is 0 Å². The number of hydrogen-bond donors (Lipinski definition) is 1. The zero-order valence-corrected chi connectivity index (χ0v) is 16.4. The van der Waals surface area contributed by atoms with Crippen LogP contribution in [0.2, 0.25) is 0 Å². The zero-order chi connectivity index (χ0) is 15.6. The maximum Gasteiger partial charge on any atom is 0.224 e. The molecule has 0 aromatic rings. The molecule has 1 saturated carbocycles. The Morgan fingerprint density at radius 3 is 2.25 bits per heavy atom. The van der Waals surface area contributed by atoms with Gasteiger partial charge in [-0.25, -0.2) is 0 Å². The average molecular weight is 382 g/mol. The Labute approximate surface area is 158 Å². The van der Waals surface area contributed by atoms with Gasteiger partial charge in [-0.3, -0.25) is 9.69 Å². The van der Waals surface area contributed by atoms with Crippen LogP contribution in [0.1, 0.15) is 45.4 Å². The number of amides is 1. The third-order valence-corrected chi connectivity index (χ3v) is 6.10. The maximum atomic E-state index is 12.9. The fourth-order valence-corrected chi connectivity index (χ4v) is 4.47. The van der Waals surface area contributed by atoms with Crippen LogP contribution in [0.25, 0.3) is 0 Å². The van der Waals surface area contributed by atoms with Gasteiger partial charge < -0.3 is 15.4 Å². The molecular formula is C17H33Cl2N3O2. The van der Waals surface area contributed by atoms with Gasteiger partial charge in [-0.1, -0.05) is 19.8 Å². The molecule has 3 aliphatic rings. The molecule has 0 aromatic carbocycles. The van der Waals surface area contributed by atoms with Gasteiger partial charge >= 0.3 is 0 Å². The van der Waals surface area contributed by atoms with Crippen molar-refractivity contribution >= 4 is 30.7 Å². The summed E-state index contributed by atoms with van der Waals surface area (Å²) in [6, 6.07) is 0. The first-order chi connectivity index (χ1) is 10.6. The summed E-state index contributed by atoms with van der Waals surface area (Å²) in [6.07, 6.45) is 6.57. The van der Waals surface area contributed by atoms with Gasteiger partial charge in [0, 0.05) is 38.1 Å². The van der Waals surface area contributed by atoms with E-state index in [9.17, 15) is 4.79 Å². The van der Waals surface area contributed by atoms with Gasteiger partial charge in [0.1, 0.15) is 0 Å². The van der Waals surface area contributed by atoms with Crippen LogP contribution in [0.15, 0.2) is 0 Å². The van der Waals surface area contributed by atoms with Crippen molar-refractivity contribution in [3.63, 3.8) is 0 Å². The number of nitrogens with two attached hydrogens (primary N) is 1. The Morgan fingerprint density at radius 1 is 1.08 bits per heavy atom. The molecule has 7 heteroatoms. The molecule has 0 bridgehead atoms. The number of carbonyl (C=O) groups excluding carboxylic acids is 1. The first-order valence-corrected chi connectivity index (χ1v) is 8.88. The van der Waals surface area contributed by atoms with Crippen molar-refractivity contribution < 1.29 is 9.53 Å². The highest BCUT2D eigenvalue weighted by Gasteiger charge is 2.44. The number of hydrogen-bond acceptors (Lipinski definition) is 4. The lowest BCUT2D eigenvalue weighted by Gasteiger charge is -2.43. The van der Waals surface area contributed by atoms with E-state index in [-0.39, 0.29) is 35.8 Å². The van der Waals surface area contributed by atoms with Crippen molar-refractivity contribution in [2.75, 3.05) is 45.9 Å². The maximum absolute atomic E-state index is 12.9. The van der Waals surface area contributed by atoms with Gasteiger partial charge in [-0.05, 0) is 31.2 Å². The van der Waals surface area contributed by atoms with Gasteiger partial charge in [0.2, 0.25) is 5.91 Å². The monoisotopic (exact) mass is 381 g/mol. The Bertz CT molecular complexity index is 413. The van der Waals surface area contributed by atoms with E-state index in [0.29, 0.717) is 18.9 Å². The molecule has 142 valence electrons. The van der Waals surface area contributed by atoms with E-state index >= 15 is 0 Å². The Balaban J connectivity index is 0.00000144. The predicted molar refractivity (Wildman–Crippen MR) is 101 cm³/mol. The molecule has 3 fully saturated rings. The minimum Gasteiger partial charge on any atom is -0.379 e. The average Bonchev–Trinajstić information content (AvgIpc) is 3.17. The van der Waals surface area contributed by atoms with Crippen LogP contribution in [0.4, 0.5) is 0 Å². The lowest BCUT2D eigenvalue weighted by molar-refractivity contribution is -0.135. The molecule has 1 amide bonds. The normalized spacial score (nSPS) is 29.8. The van der Waals surface area contributed by atoms with E-state index in [4.69, 9.17) is 10.5 Å². The first-order valence-electron chi connectivity index (χ1n) is 8.88. The summed E-state index contributed by atoms with van der Waals surface area (Å²) in [4.78, 5) is 17.5. The molecular weight excluding hydrogens is 349 g/mol. The molecule has 2 heterocycles. The van der Waals surface area contributed by atoms with Gasteiger partial charge in [-0.15, -0.1) is 24.8 Å². The van der Waals surface area contributed by atoms with Crippen molar-refractivity contribution in [3.8, 4) is 0 Å². The van der Waals surface area contributed by atoms with E-state index in [1.807, 2.05) is 0 Å². The van der Waals surface area contributed by atoms with Crippen molar-refractivity contribution in [1.82, 2.24) is 9.80 Å². The SMILES string of the molecule is CC1(CN)CCN(C(=O)CC2(N3CCOCC3)CCCC2)C1.Cl.Cl. The molecule has 0 spiro atoms. The van der Waals surface area contributed by atoms with Crippen LogP contribution in [-0.4, -0.2) is 67.2 Å². The second-order valence-electron chi connectivity index (χ2n) is 7.79. The van der Waals surface area contributed by atoms with Crippen LogP contribution >= 0.6 is 24.8 Å². The molecule has 0 aromatic heterocycles. The van der Waals surface area contributed by atoms with E-state index in [1.54, 1.807) is 0 Å². The number of morpholine rings is 1. The summed E-state index contributed by atoms with van der Waals surface area (Å²) in [5.41, 5.74) is 6.10. The smallest absolute Gasteiger partial charge is 0.224 e. The highest BCUT2D eigenvalue weighted by molar-refractivity contribution is 5.85. The van der Waals surface area contributed by atoms with E-state index in [0.717, 1.165) is 45.8 Å². The summed E-state index contributed by atoms with van der Waals surface area (Å²) in [5.74, 6) is 0.338. The zero-order valence-electron chi connectivity index (χ0n) is 14.8. The molecule has 0 radical (unpaired) electrons. The van der Waals surface area contributed by atoms with Gasteiger partial charge in [0.15, 0.2) is 0 Å². The number of rotatable bonds is 4. The largest absolute Gasteiger partial charge is 0.379 e. The van der Waals surface area contributed by atoms with Crippen LogP contribution in [0, 0.1) is 5.41 Å². The van der Waals surface area contributed by atoms with Crippen molar-refractivity contribution in [2.45, 2.75) is 51.0 Å². The van der Waals surface area contributed by atoms with Crippen molar-refractivity contribution in [3.05, 3.63) is 0 Å². The molecule has 1 atom stereocenters. The predicted octanol–water partition coefficient (Wildman–Crippen LogP) is 2.06. The third kappa shape index (κ3) is 4.55. The van der Waals surface area contributed by atoms with Gasteiger partial charge in [0.05, 0.1) is 13.2 Å². The summed E-state index contributed by atoms with van der Waals surface area (Å²) < 4.78 is 5.50. The summed E-state index contributed by atoms with van der Waals surface area (Å²) >= 11 is 0. The molecule has 24 heavy (non-hydrogen) atoms. The first kappa shape index (κ1) is 22.0. The topological polar surface area (TPSA) is 58.8 Å². The number of nitrogens with zero attached hydrogens (tertiary/aromatic N) is 2. The number of halogens is 2. The molecule has 3 rings (SSSR count). The van der Waals surface area contributed by atoms with E-state index < -0.39 is 0 Å². The van der Waals surface area contributed by atoms with Crippen LogP contribution in [0.3, 0.4) is 0 Å². The quantitative estimate of drug-likeness (QED) is 0.809. The minimum atomic E-state index is 0. The summed E-state index contributed by atoms with van der Waals surface area (Å²) in [7, 11) is 0. The lowest BCUT2D eigenvalue weighted by Crippen LogP contribution is -2.54. The number of ether oxygens (including phenoxy) is 1. The van der Waals surface area contributed by atoms with Crippen molar-refractivity contribution in [1.29, 1.82) is 0 Å². The molecule has 5 nitrogen and oxygen atoms in total. The lowest BCUT2D eigenvalue weighted by atomic mass is 9.89. The Morgan fingerprint density at radius 2 is 1.71 bits per heavy atom. The van der Waals surface area contributed by atoms with Crippen LogP contribution < -0.4 is 5.73 Å². The van der Waals surface area contributed by atoms with E-state index in [2.05, 4.69) is 16.7 Å². The molecule has 2 N–H and O–H groups in total. The standard InChI is InChI=1S/C17H31N3O2.2ClH/c1-16(13-18)6-7-19(14-16)15(21)12-17(4-2-3-5-17)20-8-10-22-11-9-20;;/h2-14,18H2,1H3;2*1H. The Kier molecular flexibility index (Phi) is 8.27. The van der Waals surface area contributed by atoms with Crippen LogP contribution in [-0.2, 0) is 9.53 Å². The number of likely N-dealkylation sites (tertiary alicyclic amines) is 1. The molecule has 1 unspecified atom stereocenters. The second kappa shape index (κ2) is 9.04. The summed E-state index contributed by atoms with van der Waals surface area (Å²) in [6.45, 7) is 8.17. The molecule has 2 saturated heterocycles.